The zero-order chi connectivity index (χ0) is 25.2. The topological polar surface area (TPSA) is 93.7 Å². The lowest BCUT2D eigenvalue weighted by Crippen LogP contribution is -2.34. The predicted molar refractivity (Wildman–Crippen MR) is 141 cm³/mol. The molecule has 1 aliphatic rings. The SMILES string of the molecule is CCOc1ccc2nc(NC(=O)C(CC)OC(=O)c3c4c(nc5ccccc35)CCN(C)C4)sc2c1. The first-order chi connectivity index (χ1) is 17.5. The minimum atomic E-state index is -0.951. The van der Waals surface area contributed by atoms with Crippen LogP contribution in [0, 0.1) is 0 Å². The lowest BCUT2D eigenvalue weighted by atomic mass is 9.96. The number of likely N-dealkylation sites (N-methyl/N-ethyl adjacent to an activating group) is 1. The van der Waals surface area contributed by atoms with Crippen molar-refractivity contribution in [3.8, 4) is 5.75 Å². The molecule has 4 aromatic rings. The number of ether oxygens (including phenoxy) is 2. The van der Waals surface area contributed by atoms with Crippen LogP contribution >= 0.6 is 11.3 Å². The maximum atomic E-state index is 13.5. The molecular weight excluding hydrogens is 476 g/mol. The van der Waals surface area contributed by atoms with Gasteiger partial charge in [0.15, 0.2) is 11.2 Å². The van der Waals surface area contributed by atoms with E-state index in [0.29, 0.717) is 30.3 Å². The van der Waals surface area contributed by atoms with E-state index < -0.39 is 18.0 Å². The highest BCUT2D eigenvalue weighted by Crippen LogP contribution is 2.31. The Balaban J connectivity index is 1.39. The number of benzene rings is 2. The second-order valence-electron chi connectivity index (χ2n) is 8.79. The van der Waals surface area contributed by atoms with Gasteiger partial charge in [0.2, 0.25) is 0 Å². The fourth-order valence-corrected chi connectivity index (χ4v) is 5.37. The lowest BCUT2D eigenvalue weighted by Gasteiger charge is -2.27. The Hall–Kier alpha value is -3.56. The zero-order valence-electron chi connectivity index (χ0n) is 20.5. The summed E-state index contributed by atoms with van der Waals surface area (Å²) < 4.78 is 12.3. The number of anilines is 1. The number of pyridine rings is 1. The number of esters is 1. The van der Waals surface area contributed by atoms with Gasteiger partial charge in [-0.05, 0) is 44.7 Å². The summed E-state index contributed by atoms with van der Waals surface area (Å²) in [6.07, 6.45) is 0.145. The molecule has 2 aromatic carbocycles. The molecule has 9 heteroatoms. The van der Waals surface area contributed by atoms with Gasteiger partial charge >= 0.3 is 5.97 Å². The number of amides is 1. The normalized spacial score (nSPS) is 14.4. The highest BCUT2D eigenvalue weighted by Gasteiger charge is 2.29. The molecule has 3 heterocycles. The van der Waals surface area contributed by atoms with Crippen LogP contribution in [0.5, 0.6) is 5.75 Å². The van der Waals surface area contributed by atoms with E-state index in [9.17, 15) is 9.59 Å². The van der Waals surface area contributed by atoms with Crippen molar-refractivity contribution in [2.45, 2.75) is 39.3 Å². The molecule has 0 saturated heterocycles. The number of hydrogen-bond donors (Lipinski definition) is 1. The van der Waals surface area contributed by atoms with Crippen molar-refractivity contribution in [3.05, 3.63) is 59.3 Å². The Kier molecular flexibility index (Phi) is 6.84. The van der Waals surface area contributed by atoms with Crippen molar-refractivity contribution < 1.29 is 19.1 Å². The van der Waals surface area contributed by atoms with E-state index in [1.165, 1.54) is 11.3 Å². The molecule has 186 valence electrons. The van der Waals surface area contributed by atoms with Crippen molar-refractivity contribution >= 4 is 49.5 Å². The minimum absolute atomic E-state index is 0.335. The fraction of sp³-hybridized carbons (Fsp3) is 0.333. The van der Waals surface area contributed by atoms with Gasteiger partial charge < -0.3 is 14.4 Å². The van der Waals surface area contributed by atoms with Gasteiger partial charge in [-0.25, -0.2) is 9.78 Å². The molecule has 2 aromatic heterocycles. The minimum Gasteiger partial charge on any atom is -0.494 e. The van der Waals surface area contributed by atoms with Crippen molar-refractivity contribution in [2.75, 3.05) is 25.5 Å². The Morgan fingerprint density at radius 2 is 1.97 bits per heavy atom. The molecule has 0 spiro atoms. The summed E-state index contributed by atoms with van der Waals surface area (Å²) in [5.74, 6) is -0.155. The zero-order valence-corrected chi connectivity index (χ0v) is 21.4. The average molecular weight is 505 g/mol. The van der Waals surface area contributed by atoms with Gasteiger partial charge in [-0.15, -0.1) is 0 Å². The van der Waals surface area contributed by atoms with Crippen molar-refractivity contribution in [2.24, 2.45) is 0 Å². The lowest BCUT2D eigenvalue weighted by molar-refractivity contribution is -0.124. The molecule has 1 atom stereocenters. The van der Waals surface area contributed by atoms with Crippen LogP contribution in [0.4, 0.5) is 5.13 Å². The van der Waals surface area contributed by atoms with Gasteiger partial charge in [-0.2, -0.15) is 0 Å². The first-order valence-corrected chi connectivity index (χ1v) is 12.9. The molecule has 5 rings (SSSR count). The van der Waals surface area contributed by atoms with E-state index >= 15 is 0 Å². The molecule has 8 nitrogen and oxygen atoms in total. The van der Waals surface area contributed by atoms with Gasteiger partial charge in [0.1, 0.15) is 5.75 Å². The smallest absolute Gasteiger partial charge is 0.340 e. The summed E-state index contributed by atoms with van der Waals surface area (Å²) in [4.78, 5) is 38.1. The van der Waals surface area contributed by atoms with E-state index in [1.54, 1.807) is 0 Å². The monoisotopic (exact) mass is 504 g/mol. The first kappa shape index (κ1) is 24.1. The molecule has 1 aliphatic heterocycles. The first-order valence-electron chi connectivity index (χ1n) is 12.1. The molecule has 1 unspecified atom stereocenters. The number of carbonyl (C=O) groups excluding carboxylic acids is 2. The van der Waals surface area contributed by atoms with Crippen molar-refractivity contribution in [1.29, 1.82) is 0 Å². The number of hydrogen-bond acceptors (Lipinski definition) is 8. The van der Waals surface area contributed by atoms with Crippen molar-refractivity contribution in [3.63, 3.8) is 0 Å². The van der Waals surface area contributed by atoms with Crippen LogP contribution in [0.1, 0.15) is 41.9 Å². The van der Waals surface area contributed by atoms with Crippen LogP contribution in [0.15, 0.2) is 42.5 Å². The second kappa shape index (κ2) is 10.2. The number of aromatic nitrogens is 2. The number of carbonyl (C=O) groups is 2. The Morgan fingerprint density at radius 1 is 1.14 bits per heavy atom. The fourth-order valence-electron chi connectivity index (χ4n) is 4.47. The summed E-state index contributed by atoms with van der Waals surface area (Å²) in [5.41, 5.74) is 3.81. The summed E-state index contributed by atoms with van der Waals surface area (Å²) in [5, 5.41) is 4.02. The quantitative estimate of drug-likeness (QED) is 0.361. The molecule has 0 bridgehead atoms. The maximum Gasteiger partial charge on any atom is 0.340 e. The number of fused-ring (bicyclic) bond motifs is 3. The molecule has 0 aliphatic carbocycles. The van der Waals surface area contributed by atoms with E-state index in [0.717, 1.165) is 51.1 Å². The molecule has 0 fully saturated rings. The van der Waals surface area contributed by atoms with E-state index in [4.69, 9.17) is 14.5 Å². The van der Waals surface area contributed by atoms with Gasteiger partial charge in [-0.3, -0.25) is 15.1 Å². The van der Waals surface area contributed by atoms with Crippen LogP contribution in [-0.4, -0.2) is 53.0 Å². The Bertz CT molecular complexity index is 1450. The number of nitrogens with zero attached hydrogens (tertiary/aromatic N) is 3. The van der Waals surface area contributed by atoms with Gasteiger partial charge in [-0.1, -0.05) is 36.5 Å². The third kappa shape index (κ3) is 4.76. The molecule has 1 N–H and O–H groups in total. The van der Waals surface area contributed by atoms with Crippen LogP contribution in [-0.2, 0) is 22.5 Å². The molecule has 0 radical (unpaired) electrons. The third-order valence-electron chi connectivity index (χ3n) is 6.25. The Morgan fingerprint density at radius 3 is 2.78 bits per heavy atom. The standard InChI is InChI=1S/C27H28N4O4S/c1-4-22(25(32)30-27-29-21-11-10-16(34-5-2)14-23(21)36-27)35-26(33)24-17-8-6-7-9-19(17)28-20-12-13-31(3)15-18(20)24/h6-11,14,22H,4-5,12-13,15H2,1-3H3,(H,29,30,32). The van der Waals surface area contributed by atoms with Crippen molar-refractivity contribution in [1.82, 2.24) is 14.9 Å². The number of nitrogens with one attached hydrogen (secondary N) is 1. The Labute approximate surface area is 213 Å². The van der Waals surface area contributed by atoms with Crippen LogP contribution in [0.3, 0.4) is 0 Å². The van der Waals surface area contributed by atoms with Gasteiger partial charge in [0, 0.05) is 36.2 Å². The summed E-state index contributed by atoms with van der Waals surface area (Å²) in [6, 6.07) is 13.2. The van der Waals surface area contributed by atoms with E-state index in [1.807, 2.05) is 63.4 Å². The average Bonchev–Trinajstić information content (AvgIpc) is 3.27. The predicted octanol–water partition coefficient (Wildman–Crippen LogP) is 4.81. The molecule has 0 saturated carbocycles. The van der Waals surface area contributed by atoms with E-state index in [-0.39, 0.29) is 0 Å². The maximum absolute atomic E-state index is 13.5. The number of thiazole rings is 1. The summed E-state index contributed by atoms with van der Waals surface area (Å²) in [6.45, 7) is 5.80. The van der Waals surface area contributed by atoms with Gasteiger partial charge in [0.25, 0.3) is 5.91 Å². The summed E-state index contributed by atoms with van der Waals surface area (Å²) >= 11 is 1.35. The van der Waals surface area contributed by atoms with Crippen LogP contribution < -0.4 is 10.1 Å². The largest absolute Gasteiger partial charge is 0.494 e. The number of rotatable bonds is 7. The number of para-hydroxylation sites is 1. The second-order valence-corrected chi connectivity index (χ2v) is 9.82. The molecular formula is C27H28N4O4S. The highest BCUT2D eigenvalue weighted by atomic mass is 32.1. The van der Waals surface area contributed by atoms with Gasteiger partial charge in [0.05, 0.1) is 27.9 Å². The third-order valence-corrected chi connectivity index (χ3v) is 7.19. The summed E-state index contributed by atoms with van der Waals surface area (Å²) in [7, 11) is 2.02. The van der Waals surface area contributed by atoms with Crippen LogP contribution in [0.2, 0.25) is 0 Å². The van der Waals surface area contributed by atoms with E-state index in [2.05, 4.69) is 15.2 Å². The van der Waals surface area contributed by atoms with Crippen LogP contribution in [0.25, 0.3) is 21.1 Å². The molecule has 36 heavy (non-hydrogen) atoms. The molecule has 1 amide bonds. The highest BCUT2D eigenvalue weighted by molar-refractivity contribution is 7.22.